The molecule has 0 amide bonds. The first kappa shape index (κ1) is 15.9. The molecule has 0 bridgehead atoms. The molecule has 0 saturated heterocycles. The highest BCUT2D eigenvalue weighted by Crippen LogP contribution is 2.10. The zero-order valence-corrected chi connectivity index (χ0v) is 12.7. The Morgan fingerprint density at radius 1 is 1.21 bits per heavy atom. The molecule has 0 saturated carbocycles. The zero-order chi connectivity index (χ0) is 14.1. The summed E-state index contributed by atoms with van der Waals surface area (Å²) in [7, 11) is 0. The molecule has 1 aromatic rings. The van der Waals surface area contributed by atoms with E-state index in [0.29, 0.717) is 24.7 Å². The average molecular weight is 264 g/mol. The fourth-order valence-electron chi connectivity index (χ4n) is 2.15. The molecule has 0 aliphatic heterocycles. The van der Waals surface area contributed by atoms with Gasteiger partial charge >= 0.3 is 0 Å². The standard InChI is InChI=1S/C16H28N2O/c1-4-5-6-7-8-9-10-16(19)13-15-11-12-18(17-15)14(2)3/h11-12,14H,4-10,13H2,1-3H3. The van der Waals surface area contributed by atoms with Crippen molar-refractivity contribution >= 4 is 5.78 Å². The molecule has 108 valence electrons. The summed E-state index contributed by atoms with van der Waals surface area (Å²) in [6.07, 6.45) is 10.6. The topological polar surface area (TPSA) is 34.9 Å². The third kappa shape index (κ3) is 6.55. The summed E-state index contributed by atoms with van der Waals surface area (Å²) in [6.45, 7) is 6.41. The van der Waals surface area contributed by atoms with Crippen molar-refractivity contribution in [2.45, 2.75) is 78.2 Å². The van der Waals surface area contributed by atoms with E-state index in [1.807, 2.05) is 16.9 Å². The maximum absolute atomic E-state index is 11.8. The van der Waals surface area contributed by atoms with E-state index in [2.05, 4.69) is 25.9 Å². The molecule has 0 aliphatic rings. The monoisotopic (exact) mass is 264 g/mol. The van der Waals surface area contributed by atoms with Crippen LogP contribution in [-0.2, 0) is 11.2 Å². The van der Waals surface area contributed by atoms with Crippen LogP contribution in [0.25, 0.3) is 0 Å². The van der Waals surface area contributed by atoms with Gasteiger partial charge in [-0.05, 0) is 26.3 Å². The molecule has 3 nitrogen and oxygen atoms in total. The van der Waals surface area contributed by atoms with Crippen molar-refractivity contribution in [2.24, 2.45) is 0 Å². The maximum atomic E-state index is 11.8. The van der Waals surface area contributed by atoms with Crippen LogP contribution in [0.1, 0.15) is 77.5 Å². The van der Waals surface area contributed by atoms with Crippen LogP contribution in [0.4, 0.5) is 0 Å². The molecule has 3 heteroatoms. The van der Waals surface area contributed by atoms with E-state index < -0.39 is 0 Å². The predicted molar refractivity (Wildman–Crippen MR) is 79.3 cm³/mol. The Morgan fingerprint density at radius 3 is 2.53 bits per heavy atom. The number of carbonyl (C=O) groups excluding carboxylic acids is 1. The van der Waals surface area contributed by atoms with Crippen LogP contribution < -0.4 is 0 Å². The molecular weight excluding hydrogens is 236 g/mol. The normalized spacial score (nSPS) is 11.2. The lowest BCUT2D eigenvalue weighted by molar-refractivity contribution is -0.118. The quantitative estimate of drug-likeness (QED) is 0.590. The molecule has 0 aliphatic carbocycles. The molecule has 0 fully saturated rings. The fraction of sp³-hybridized carbons (Fsp3) is 0.750. The molecule has 0 atom stereocenters. The summed E-state index contributed by atoms with van der Waals surface area (Å²) in [5, 5.41) is 4.41. The maximum Gasteiger partial charge on any atom is 0.138 e. The minimum Gasteiger partial charge on any atom is -0.299 e. The van der Waals surface area contributed by atoms with Crippen molar-refractivity contribution in [1.82, 2.24) is 9.78 Å². The van der Waals surface area contributed by atoms with E-state index in [4.69, 9.17) is 0 Å². The minimum atomic E-state index is 0.324. The zero-order valence-electron chi connectivity index (χ0n) is 12.7. The lowest BCUT2D eigenvalue weighted by Crippen LogP contribution is -2.06. The van der Waals surface area contributed by atoms with Crippen molar-refractivity contribution in [3.8, 4) is 0 Å². The number of nitrogens with zero attached hydrogens (tertiary/aromatic N) is 2. The van der Waals surface area contributed by atoms with Gasteiger partial charge in [-0.1, -0.05) is 39.0 Å². The molecule has 0 aromatic carbocycles. The molecule has 0 N–H and O–H groups in total. The molecular formula is C16H28N2O. The Labute approximate surface area is 117 Å². The van der Waals surface area contributed by atoms with Crippen molar-refractivity contribution in [2.75, 3.05) is 0 Å². The van der Waals surface area contributed by atoms with Crippen molar-refractivity contribution in [1.29, 1.82) is 0 Å². The SMILES string of the molecule is CCCCCCCCC(=O)Cc1ccn(C(C)C)n1. The van der Waals surface area contributed by atoms with Gasteiger partial charge in [0.1, 0.15) is 5.78 Å². The highest BCUT2D eigenvalue weighted by Gasteiger charge is 2.07. The van der Waals surface area contributed by atoms with Crippen LogP contribution in [0.5, 0.6) is 0 Å². The third-order valence-electron chi connectivity index (χ3n) is 3.38. The second kappa shape index (κ2) is 8.89. The summed E-state index contributed by atoms with van der Waals surface area (Å²) >= 11 is 0. The van der Waals surface area contributed by atoms with Crippen LogP contribution in [0, 0.1) is 0 Å². The molecule has 0 spiro atoms. The summed E-state index contributed by atoms with van der Waals surface area (Å²) in [5.41, 5.74) is 0.907. The summed E-state index contributed by atoms with van der Waals surface area (Å²) in [5.74, 6) is 0.324. The second-order valence-corrected chi connectivity index (χ2v) is 5.61. The van der Waals surface area contributed by atoms with E-state index in [-0.39, 0.29) is 0 Å². The number of Topliss-reactive ketones (excluding diaryl/α,β-unsaturated/α-hetero) is 1. The van der Waals surface area contributed by atoms with E-state index in [0.717, 1.165) is 12.1 Å². The van der Waals surface area contributed by atoms with Gasteiger partial charge in [0, 0.05) is 18.7 Å². The fourth-order valence-corrected chi connectivity index (χ4v) is 2.15. The van der Waals surface area contributed by atoms with Crippen LogP contribution in [0.15, 0.2) is 12.3 Å². The van der Waals surface area contributed by atoms with Gasteiger partial charge in [-0.25, -0.2) is 0 Å². The van der Waals surface area contributed by atoms with Crippen LogP contribution in [0.2, 0.25) is 0 Å². The highest BCUT2D eigenvalue weighted by atomic mass is 16.1. The minimum absolute atomic E-state index is 0.324. The van der Waals surface area contributed by atoms with Gasteiger partial charge in [-0.3, -0.25) is 9.48 Å². The first-order chi connectivity index (χ1) is 9.13. The Balaban J connectivity index is 2.16. The smallest absolute Gasteiger partial charge is 0.138 e. The van der Waals surface area contributed by atoms with Gasteiger partial charge < -0.3 is 0 Å². The Kier molecular flexibility index (Phi) is 7.46. The molecule has 1 heterocycles. The third-order valence-corrected chi connectivity index (χ3v) is 3.38. The molecule has 19 heavy (non-hydrogen) atoms. The van der Waals surface area contributed by atoms with Crippen molar-refractivity contribution in [3.63, 3.8) is 0 Å². The predicted octanol–water partition coefficient (Wildman–Crippen LogP) is 4.33. The number of carbonyl (C=O) groups is 1. The van der Waals surface area contributed by atoms with Crippen molar-refractivity contribution < 1.29 is 4.79 Å². The summed E-state index contributed by atoms with van der Waals surface area (Å²) < 4.78 is 1.91. The molecule has 1 rings (SSSR count). The number of hydrogen-bond acceptors (Lipinski definition) is 2. The number of aromatic nitrogens is 2. The lowest BCUT2D eigenvalue weighted by atomic mass is 10.1. The van der Waals surface area contributed by atoms with Gasteiger partial charge in [0.15, 0.2) is 0 Å². The van der Waals surface area contributed by atoms with Gasteiger partial charge in [-0.15, -0.1) is 0 Å². The van der Waals surface area contributed by atoms with Gasteiger partial charge in [0.05, 0.1) is 12.1 Å². The van der Waals surface area contributed by atoms with Gasteiger partial charge in [-0.2, -0.15) is 5.10 Å². The lowest BCUT2D eigenvalue weighted by Gasteiger charge is -2.03. The van der Waals surface area contributed by atoms with E-state index in [9.17, 15) is 4.79 Å². The van der Waals surface area contributed by atoms with E-state index >= 15 is 0 Å². The Hall–Kier alpha value is -1.12. The van der Waals surface area contributed by atoms with Crippen LogP contribution in [0.3, 0.4) is 0 Å². The largest absolute Gasteiger partial charge is 0.299 e. The number of ketones is 1. The average Bonchev–Trinajstić information content (AvgIpc) is 2.82. The first-order valence-corrected chi connectivity index (χ1v) is 7.69. The molecule has 1 aromatic heterocycles. The summed E-state index contributed by atoms with van der Waals surface area (Å²) in [6, 6.07) is 2.32. The number of unbranched alkanes of at least 4 members (excludes halogenated alkanes) is 5. The molecule has 0 radical (unpaired) electrons. The van der Waals surface area contributed by atoms with E-state index in [1.54, 1.807) is 0 Å². The van der Waals surface area contributed by atoms with Gasteiger partial charge in [0.2, 0.25) is 0 Å². The number of hydrogen-bond donors (Lipinski definition) is 0. The highest BCUT2D eigenvalue weighted by molar-refractivity contribution is 5.80. The van der Waals surface area contributed by atoms with Crippen LogP contribution >= 0.6 is 0 Å². The van der Waals surface area contributed by atoms with Crippen LogP contribution in [-0.4, -0.2) is 15.6 Å². The summed E-state index contributed by atoms with van der Waals surface area (Å²) in [4.78, 5) is 11.8. The Bertz CT molecular complexity index is 369. The first-order valence-electron chi connectivity index (χ1n) is 7.69. The van der Waals surface area contributed by atoms with Gasteiger partial charge in [0.25, 0.3) is 0 Å². The van der Waals surface area contributed by atoms with E-state index in [1.165, 1.54) is 32.1 Å². The second-order valence-electron chi connectivity index (χ2n) is 5.61. The number of rotatable bonds is 10. The molecule has 0 unspecified atom stereocenters. The Morgan fingerprint density at radius 2 is 1.89 bits per heavy atom. The van der Waals surface area contributed by atoms with Crippen molar-refractivity contribution in [3.05, 3.63) is 18.0 Å².